The third-order valence-corrected chi connectivity index (χ3v) is 4.90. The van der Waals surface area contributed by atoms with Gasteiger partial charge in [-0.05, 0) is 0 Å². The molecule has 1 atom stereocenters. The van der Waals surface area contributed by atoms with Crippen LogP contribution in [0.15, 0.2) is 0 Å². The largest absolute Gasteiger partial charge is 0.314 e. The average Bonchev–Trinajstić information content (AvgIpc) is 2.62. The lowest BCUT2D eigenvalue weighted by Gasteiger charge is -2.27. The Morgan fingerprint density at radius 3 is 2.64 bits per heavy atom. The minimum Gasteiger partial charge on any atom is -0.314 e. The molecule has 1 nitrogen and oxygen atoms in total. The van der Waals surface area contributed by atoms with Gasteiger partial charge in [0.2, 0.25) is 0 Å². The molecule has 0 bridgehead atoms. The second kappa shape index (κ2) is 3.15. The lowest BCUT2D eigenvalue weighted by atomic mass is 10.4. The van der Waals surface area contributed by atoms with Crippen LogP contribution in [0.4, 0.5) is 0 Å². The molecule has 0 amide bonds. The van der Waals surface area contributed by atoms with Crippen LogP contribution in [0.5, 0.6) is 0 Å². The average molecular weight is 193 g/mol. The van der Waals surface area contributed by atoms with Crippen LogP contribution in [0, 0.1) is 0 Å². The molecule has 2 aliphatic rings. The molecular formula is C8H15ClNS+. The second-order valence-corrected chi connectivity index (χ2v) is 5.32. The molecule has 11 heavy (non-hydrogen) atoms. The summed E-state index contributed by atoms with van der Waals surface area (Å²) in [6, 6.07) is 0. The zero-order valence-electron chi connectivity index (χ0n) is 6.76. The third kappa shape index (κ3) is 1.53. The van der Waals surface area contributed by atoms with Gasteiger partial charge >= 0.3 is 0 Å². The molecule has 2 fully saturated rings. The zero-order valence-corrected chi connectivity index (χ0v) is 8.33. The van der Waals surface area contributed by atoms with Gasteiger partial charge in [-0.1, -0.05) is 11.8 Å². The molecule has 0 aromatic carbocycles. The number of hydrogen-bond donors (Lipinski definition) is 0. The third-order valence-electron chi connectivity index (χ3n) is 2.86. The Labute approximate surface area is 77.7 Å². The lowest BCUT2D eigenvalue weighted by molar-refractivity contribution is -0.899. The highest BCUT2D eigenvalue weighted by Gasteiger charge is 2.40. The molecule has 0 aromatic heterocycles. The van der Waals surface area contributed by atoms with E-state index in [9.17, 15) is 0 Å². The van der Waals surface area contributed by atoms with E-state index in [-0.39, 0.29) is 0 Å². The van der Waals surface area contributed by atoms with Crippen LogP contribution in [0.1, 0.15) is 12.8 Å². The van der Waals surface area contributed by atoms with E-state index in [0.29, 0.717) is 0 Å². The van der Waals surface area contributed by atoms with Crippen molar-refractivity contribution in [1.29, 1.82) is 0 Å². The van der Waals surface area contributed by atoms with Crippen LogP contribution < -0.4 is 0 Å². The summed E-state index contributed by atoms with van der Waals surface area (Å²) in [6.45, 7) is 4.18. The van der Waals surface area contributed by atoms with Crippen molar-refractivity contribution in [2.24, 2.45) is 0 Å². The van der Waals surface area contributed by atoms with Gasteiger partial charge in [-0.15, -0.1) is 11.6 Å². The van der Waals surface area contributed by atoms with Crippen molar-refractivity contribution in [1.82, 2.24) is 0 Å². The lowest BCUT2D eigenvalue weighted by Crippen LogP contribution is -2.43. The van der Waals surface area contributed by atoms with Gasteiger partial charge in [-0.3, -0.25) is 0 Å². The number of rotatable bonds is 1. The molecular weight excluding hydrogens is 178 g/mol. The summed E-state index contributed by atoms with van der Waals surface area (Å²) in [4.78, 5) is 0. The van der Waals surface area contributed by atoms with Crippen LogP contribution in [-0.2, 0) is 0 Å². The van der Waals surface area contributed by atoms with Crippen molar-refractivity contribution in [2.45, 2.75) is 18.1 Å². The van der Waals surface area contributed by atoms with Crippen LogP contribution in [0.25, 0.3) is 0 Å². The highest BCUT2D eigenvalue weighted by molar-refractivity contribution is 8.00. The molecule has 0 N–H and O–H groups in total. The number of quaternary nitrogens is 1. The summed E-state index contributed by atoms with van der Waals surface area (Å²) in [5, 5.41) is 0.745. The minimum absolute atomic E-state index is 0.745. The molecule has 2 saturated heterocycles. The fourth-order valence-corrected chi connectivity index (χ4v) is 3.98. The minimum atomic E-state index is 0.745. The van der Waals surface area contributed by atoms with Crippen molar-refractivity contribution in [3.63, 3.8) is 0 Å². The fourth-order valence-electron chi connectivity index (χ4n) is 2.21. The van der Waals surface area contributed by atoms with E-state index >= 15 is 0 Å². The normalized spacial score (nSPS) is 35.2. The van der Waals surface area contributed by atoms with E-state index in [2.05, 4.69) is 11.8 Å². The molecule has 64 valence electrons. The van der Waals surface area contributed by atoms with E-state index in [4.69, 9.17) is 11.6 Å². The van der Waals surface area contributed by atoms with Crippen LogP contribution in [-0.4, -0.2) is 41.1 Å². The molecule has 1 unspecified atom stereocenters. The van der Waals surface area contributed by atoms with Crippen LogP contribution >= 0.6 is 23.4 Å². The predicted molar refractivity (Wildman–Crippen MR) is 51.1 cm³/mol. The molecule has 0 aromatic rings. The van der Waals surface area contributed by atoms with Crippen molar-refractivity contribution in [3.8, 4) is 0 Å². The van der Waals surface area contributed by atoms with E-state index in [1.54, 1.807) is 0 Å². The molecule has 0 saturated carbocycles. The van der Waals surface area contributed by atoms with Gasteiger partial charge in [0.05, 0.1) is 24.9 Å². The van der Waals surface area contributed by atoms with E-state index < -0.39 is 0 Å². The van der Waals surface area contributed by atoms with Crippen LogP contribution in [0.3, 0.4) is 0 Å². The molecule has 0 radical (unpaired) electrons. The van der Waals surface area contributed by atoms with Crippen LogP contribution in [0.2, 0.25) is 0 Å². The van der Waals surface area contributed by atoms with Crippen molar-refractivity contribution in [3.05, 3.63) is 0 Å². The predicted octanol–water partition coefficient (Wildman–Crippen LogP) is 1.91. The number of hydrogen-bond acceptors (Lipinski definition) is 1. The summed E-state index contributed by atoms with van der Waals surface area (Å²) >= 11 is 7.92. The van der Waals surface area contributed by atoms with Crippen molar-refractivity contribution in [2.75, 3.05) is 31.4 Å². The Hall–Kier alpha value is 0.600. The molecule has 1 spiro atoms. The molecule has 3 heteroatoms. The quantitative estimate of drug-likeness (QED) is 0.452. The maximum Gasteiger partial charge on any atom is 0.126 e. The standard InChI is InChI=1S/C8H15ClNS/c9-5-8-6-10(7-11-8)3-1-2-4-10/h8H,1-7H2/q+1. The molecule has 2 aliphatic heterocycles. The summed E-state index contributed by atoms with van der Waals surface area (Å²) in [7, 11) is 0. The summed E-state index contributed by atoms with van der Waals surface area (Å²) in [5.41, 5.74) is 0. The number of halogens is 1. The Bertz CT molecular complexity index is 145. The van der Waals surface area contributed by atoms with E-state index in [0.717, 1.165) is 11.1 Å². The summed E-state index contributed by atoms with van der Waals surface area (Å²) in [6.07, 6.45) is 2.88. The van der Waals surface area contributed by atoms with Gasteiger partial charge in [-0.25, -0.2) is 0 Å². The number of thioether (sulfide) groups is 1. The Kier molecular flexibility index (Phi) is 2.35. The SMILES string of the molecule is ClCC1C[N+]2(CCCC2)CS1. The maximum absolute atomic E-state index is 5.84. The first-order valence-electron chi connectivity index (χ1n) is 4.37. The van der Waals surface area contributed by atoms with E-state index in [1.807, 2.05) is 0 Å². The number of nitrogens with zero attached hydrogens (tertiary/aromatic N) is 1. The highest BCUT2D eigenvalue weighted by atomic mass is 35.5. The maximum atomic E-state index is 5.84. The summed E-state index contributed by atoms with van der Waals surface area (Å²) in [5.74, 6) is 2.18. The fraction of sp³-hybridized carbons (Fsp3) is 1.00. The topological polar surface area (TPSA) is 0 Å². The van der Waals surface area contributed by atoms with Gasteiger partial charge in [0.15, 0.2) is 0 Å². The smallest absolute Gasteiger partial charge is 0.126 e. The first kappa shape index (κ1) is 8.21. The highest BCUT2D eigenvalue weighted by Crippen LogP contribution is 2.34. The van der Waals surface area contributed by atoms with Gasteiger partial charge in [0.25, 0.3) is 0 Å². The van der Waals surface area contributed by atoms with Crippen molar-refractivity contribution >= 4 is 23.4 Å². The first-order chi connectivity index (χ1) is 5.35. The van der Waals surface area contributed by atoms with Gasteiger partial charge < -0.3 is 4.48 Å². The second-order valence-electron chi connectivity index (χ2n) is 3.75. The van der Waals surface area contributed by atoms with Gasteiger partial charge in [0, 0.05) is 18.7 Å². The summed E-state index contributed by atoms with van der Waals surface area (Å²) < 4.78 is 1.38. The monoisotopic (exact) mass is 192 g/mol. The zero-order chi connectivity index (χ0) is 7.73. The number of alkyl halides is 1. The Morgan fingerprint density at radius 1 is 1.36 bits per heavy atom. The van der Waals surface area contributed by atoms with Gasteiger partial charge in [-0.2, -0.15) is 0 Å². The van der Waals surface area contributed by atoms with E-state index in [1.165, 1.54) is 42.8 Å². The molecule has 2 rings (SSSR count). The Balaban J connectivity index is 1.96. The Morgan fingerprint density at radius 2 is 2.09 bits per heavy atom. The first-order valence-corrected chi connectivity index (χ1v) is 5.96. The molecule has 2 heterocycles. The van der Waals surface area contributed by atoms with Gasteiger partial charge in [0.1, 0.15) is 5.88 Å². The van der Waals surface area contributed by atoms with Crippen molar-refractivity contribution < 1.29 is 4.48 Å². The molecule has 0 aliphatic carbocycles.